The van der Waals surface area contributed by atoms with Gasteiger partial charge in [0.05, 0.1) is 24.1 Å². The minimum absolute atomic E-state index is 0.137. The summed E-state index contributed by atoms with van der Waals surface area (Å²) in [5.74, 6) is -3.96. The number of pyridine rings is 2. The van der Waals surface area contributed by atoms with Gasteiger partial charge in [-0.25, -0.2) is 4.98 Å². The number of carbonyl (C=O) groups is 4. The van der Waals surface area contributed by atoms with Crippen LogP contribution in [0.1, 0.15) is 35.5 Å². The lowest BCUT2D eigenvalue weighted by atomic mass is 9.90. The number of aliphatic hydroxyl groups is 1. The number of aromatic hydroxyl groups is 1. The molecule has 3 heterocycles. The summed E-state index contributed by atoms with van der Waals surface area (Å²) in [4.78, 5) is 63.6. The van der Waals surface area contributed by atoms with Crippen molar-refractivity contribution in [2.75, 3.05) is 7.05 Å². The van der Waals surface area contributed by atoms with Crippen LogP contribution >= 0.6 is 0 Å². The van der Waals surface area contributed by atoms with E-state index in [9.17, 15) is 29.4 Å². The zero-order valence-electron chi connectivity index (χ0n) is 24.2. The van der Waals surface area contributed by atoms with Crippen LogP contribution < -0.4 is 16.0 Å². The lowest BCUT2D eigenvalue weighted by molar-refractivity contribution is -0.146. The number of aliphatic hydroxyl groups excluding tert-OH is 1. The predicted molar refractivity (Wildman–Crippen MR) is 157 cm³/mol. The van der Waals surface area contributed by atoms with Crippen LogP contribution in [0.2, 0.25) is 0 Å². The van der Waals surface area contributed by atoms with Crippen molar-refractivity contribution in [1.29, 1.82) is 0 Å². The number of rotatable bonds is 6. The second kappa shape index (κ2) is 13.9. The molecule has 4 amide bonds. The molecule has 2 aromatic heterocycles. The largest absolute Gasteiger partial charge is 0.505 e. The van der Waals surface area contributed by atoms with E-state index < -0.39 is 59.8 Å². The van der Waals surface area contributed by atoms with Gasteiger partial charge in [0.1, 0.15) is 17.8 Å². The van der Waals surface area contributed by atoms with E-state index >= 15 is 0 Å². The van der Waals surface area contributed by atoms with E-state index in [-0.39, 0.29) is 24.3 Å². The summed E-state index contributed by atoms with van der Waals surface area (Å²) < 4.78 is 0. The topological polar surface area (TPSA) is 174 Å². The quantitative estimate of drug-likeness (QED) is 0.278. The van der Waals surface area contributed by atoms with Crippen molar-refractivity contribution in [3.05, 3.63) is 90.0 Å². The Labute approximate surface area is 249 Å². The summed E-state index contributed by atoms with van der Waals surface area (Å²) in [6.45, 7) is 3.09. The molecule has 1 aliphatic rings. The second-order valence-electron chi connectivity index (χ2n) is 10.7. The first-order valence-corrected chi connectivity index (χ1v) is 14.0. The minimum atomic E-state index is -1.36. The highest BCUT2D eigenvalue weighted by Crippen LogP contribution is 2.20. The van der Waals surface area contributed by atoms with Crippen LogP contribution in [0, 0.1) is 5.92 Å². The van der Waals surface area contributed by atoms with E-state index in [4.69, 9.17) is 0 Å². The maximum atomic E-state index is 13.8. The molecule has 1 fully saturated rings. The van der Waals surface area contributed by atoms with E-state index in [0.717, 1.165) is 5.56 Å². The van der Waals surface area contributed by atoms with Gasteiger partial charge in [-0.2, -0.15) is 0 Å². The fraction of sp³-hybridized carbons (Fsp3) is 0.355. The van der Waals surface area contributed by atoms with E-state index in [1.54, 1.807) is 38.4 Å². The van der Waals surface area contributed by atoms with Crippen molar-refractivity contribution in [3.63, 3.8) is 0 Å². The highest BCUT2D eigenvalue weighted by molar-refractivity contribution is 5.98. The Hall–Kier alpha value is -4.84. The molecule has 4 rings (SSSR count). The number of hydrogen-bond acceptors (Lipinski definition) is 8. The smallest absolute Gasteiger partial charge is 0.274 e. The number of aromatic nitrogens is 2. The highest BCUT2D eigenvalue weighted by atomic mass is 16.3. The Morgan fingerprint density at radius 1 is 0.930 bits per heavy atom. The normalized spacial score (nSPS) is 25.1. The lowest BCUT2D eigenvalue weighted by Gasteiger charge is -2.37. The van der Waals surface area contributed by atoms with Crippen LogP contribution in [0.3, 0.4) is 0 Å². The minimum Gasteiger partial charge on any atom is -0.505 e. The zero-order chi connectivity index (χ0) is 31.1. The number of hydrogen-bond donors (Lipinski definition) is 5. The average molecular weight is 589 g/mol. The molecule has 0 aliphatic carbocycles. The first-order valence-electron chi connectivity index (χ1n) is 14.0. The van der Waals surface area contributed by atoms with Crippen LogP contribution in [0.15, 0.2) is 73.2 Å². The van der Waals surface area contributed by atoms with Gasteiger partial charge in [-0.15, -0.1) is 0 Å². The molecule has 5 N–H and O–H groups in total. The van der Waals surface area contributed by atoms with Crippen LogP contribution in [0.25, 0.3) is 0 Å². The van der Waals surface area contributed by atoms with Gasteiger partial charge in [0, 0.05) is 32.1 Å². The van der Waals surface area contributed by atoms with E-state index in [0.29, 0.717) is 5.56 Å². The van der Waals surface area contributed by atoms with Gasteiger partial charge in [0.2, 0.25) is 17.7 Å². The Kier molecular flexibility index (Phi) is 10.0. The van der Waals surface area contributed by atoms with Crippen molar-refractivity contribution in [2.45, 2.75) is 57.0 Å². The molecular formula is C31H36N6O6. The molecule has 43 heavy (non-hydrogen) atoms. The van der Waals surface area contributed by atoms with E-state index in [2.05, 4.69) is 25.9 Å². The molecule has 1 saturated heterocycles. The third-order valence-corrected chi connectivity index (χ3v) is 7.65. The molecular weight excluding hydrogens is 552 g/mol. The first-order chi connectivity index (χ1) is 20.6. The van der Waals surface area contributed by atoms with Gasteiger partial charge in [-0.3, -0.25) is 24.2 Å². The Morgan fingerprint density at radius 3 is 2.30 bits per heavy atom. The average Bonchev–Trinajstić information content (AvgIpc) is 3.01. The zero-order valence-corrected chi connectivity index (χ0v) is 24.2. The predicted octanol–water partition coefficient (Wildman–Crippen LogP) is 0.593. The lowest BCUT2D eigenvalue weighted by Crippen LogP contribution is -2.64. The molecule has 12 nitrogen and oxygen atoms in total. The van der Waals surface area contributed by atoms with Crippen molar-refractivity contribution >= 4 is 23.6 Å². The summed E-state index contributed by atoms with van der Waals surface area (Å²) in [6, 6.07) is 11.1. The number of likely N-dealkylation sites (N-methyl/N-ethyl adjacent to an activating group) is 1. The number of nitrogens with one attached hydrogen (secondary N) is 3. The number of benzene rings is 1. The van der Waals surface area contributed by atoms with E-state index in [1.165, 1.54) is 30.3 Å². The summed E-state index contributed by atoms with van der Waals surface area (Å²) in [5.41, 5.74) is 1.21. The summed E-state index contributed by atoms with van der Waals surface area (Å²) in [7, 11) is 1.51. The van der Waals surface area contributed by atoms with Gasteiger partial charge in [-0.05, 0) is 42.7 Å². The van der Waals surface area contributed by atoms with Crippen molar-refractivity contribution in [2.24, 2.45) is 5.92 Å². The highest BCUT2D eigenvalue weighted by Gasteiger charge is 2.40. The monoisotopic (exact) mass is 588 g/mol. The van der Waals surface area contributed by atoms with Crippen molar-refractivity contribution in [3.8, 4) is 5.75 Å². The van der Waals surface area contributed by atoms with Crippen molar-refractivity contribution < 1.29 is 29.4 Å². The van der Waals surface area contributed by atoms with Crippen LogP contribution in [0.5, 0.6) is 5.75 Å². The van der Waals surface area contributed by atoms with Gasteiger partial charge in [0.15, 0.2) is 5.69 Å². The molecule has 1 aliphatic heterocycles. The molecule has 6 atom stereocenters. The molecule has 0 bridgehead atoms. The molecule has 226 valence electrons. The Bertz CT molecular complexity index is 1440. The fourth-order valence-electron chi connectivity index (χ4n) is 5.12. The maximum Gasteiger partial charge on any atom is 0.274 e. The second-order valence-corrected chi connectivity index (χ2v) is 10.7. The van der Waals surface area contributed by atoms with Crippen LogP contribution in [-0.2, 0) is 27.2 Å². The van der Waals surface area contributed by atoms with Gasteiger partial charge < -0.3 is 31.1 Å². The Morgan fingerprint density at radius 2 is 1.63 bits per heavy atom. The molecule has 1 aromatic carbocycles. The Balaban J connectivity index is 1.72. The summed E-state index contributed by atoms with van der Waals surface area (Å²) in [6.07, 6.45) is 3.47. The summed E-state index contributed by atoms with van der Waals surface area (Å²) >= 11 is 0. The molecule has 0 radical (unpaired) electrons. The molecule has 0 saturated carbocycles. The molecule has 3 aromatic rings. The molecule has 12 heteroatoms. The fourth-order valence-corrected chi connectivity index (χ4v) is 5.12. The third kappa shape index (κ3) is 7.52. The first kappa shape index (κ1) is 31.1. The van der Waals surface area contributed by atoms with E-state index in [1.807, 2.05) is 30.3 Å². The van der Waals surface area contributed by atoms with Crippen molar-refractivity contribution in [1.82, 2.24) is 30.8 Å². The van der Waals surface area contributed by atoms with Gasteiger partial charge in [0.25, 0.3) is 5.91 Å². The SMILES string of the molecule is C[C@H]1NC(=O)C(Cc2ccccc2)N(C)C(=O)[C@H](C)[C@H](O)[C@H](Cc2cccnc2)NC(=O)[C@H]1NC(=O)c1ncccc1O. The standard InChI is InChI=1S/C31H36N6O6/c1-18-27(39)22(15-21-11-7-13-32-17-21)35-29(41)25(36-30(42)26-24(38)12-8-14-33-26)19(2)34-28(40)23(37(3)31(18)43)16-20-9-5-4-6-10-20/h4-14,17-19,22-23,25,27,38-39H,15-16H2,1-3H3,(H,34,40)(H,35,41)(H,36,42)/t18-,19-,22+,23?,25+,27+/m1/s1. The number of carbonyl (C=O) groups excluding carboxylic acids is 4. The van der Waals surface area contributed by atoms with Gasteiger partial charge in [-0.1, -0.05) is 43.3 Å². The molecule has 0 spiro atoms. The third-order valence-electron chi connectivity index (χ3n) is 7.65. The number of nitrogens with zero attached hydrogens (tertiary/aromatic N) is 3. The van der Waals surface area contributed by atoms with Crippen LogP contribution in [-0.4, -0.2) is 86.0 Å². The summed E-state index contributed by atoms with van der Waals surface area (Å²) in [5, 5.41) is 29.8. The molecule has 1 unspecified atom stereocenters. The number of amides is 4. The van der Waals surface area contributed by atoms with Crippen LogP contribution in [0.4, 0.5) is 0 Å². The maximum absolute atomic E-state index is 13.8. The van der Waals surface area contributed by atoms with Gasteiger partial charge >= 0.3 is 0 Å².